The highest BCUT2D eigenvalue weighted by atomic mass is 15.3. The third-order valence-electron chi connectivity index (χ3n) is 5.74. The molecular formula is C19H30N8. The number of nitrogen functional groups attached to an aromatic ring is 1. The van der Waals surface area contributed by atoms with Crippen LogP contribution in [0.15, 0.2) is 18.5 Å². The maximum Gasteiger partial charge on any atom is 0.223 e. The van der Waals surface area contributed by atoms with Crippen LogP contribution >= 0.6 is 0 Å². The largest absolute Gasteiger partial charge is 0.368 e. The molecule has 8 heteroatoms. The van der Waals surface area contributed by atoms with Gasteiger partial charge < -0.3 is 25.0 Å². The molecule has 2 N–H and O–H groups in total. The van der Waals surface area contributed by atoms with Gasteiger partial charge in [0.2, 0.25) is 5.95 Å². The van der Waals surface area contributed by atoms with Crippen molar-refractivity contribution in [3.63, 3.8) is 0 Å². The minimum absolute atomic E-state index is 0.360. The SMILES string of the molecule is CCn1ccnc1[C@@H]1CCCN(c2cc(N3CCN(C)CC3)nc(N)n2)C1. The maximum atomic E-state index is 6.07. The van der Waals surface area contributed by atoms with Gasteiger partial charge in [-0.25, -0.2) is 4.98 Å². The van der Waals surface area contributed by atoms with Gasteiger partial charge in [0.15, 0.2) is 0 Å². The number of likely N-dealkylation sites (N-methyl/N-ethyl adjacent to an activating group) is 1. The minimum Gasteiger partial charge on any atom is -0.368 e. The fraction of sp³-hybridized carbons (Fsp3) is 0.632. The van der Waals surface area contributed by atoms with Crippen molar-refractivity contribution in [3.05, 3.63) is 24.3 Å². The number of piperazine rings is 1. The molecule has 2 aromatic heterocycles. The summed E-state index contributed by atoms with van der Waals surface area (Å²) in [6.07, 6.45) is 6.28. The zero-order valence-electron chi connectivity index (χ0n) is 16.4. The molecule has 2 aliphatic heterocycles. The number of anilines is 3. The molecule has 0 unspecified atom stereocenters. The van der Waals surface area contributed by atoms with E-state index < -0.39 is 0 Å². The van der Waals surface area contributed by atoms with Crippen molar-refractivity contribution >= 4 is 17.6 Å². The van der Waals surface area contributed by atoms with Crippen molar-refractivity contribution < 1.29 is 0 Å². The van der Waals surface area contributed by atoms with Gasteiger partial charge >= 0.3 is 0 Å². The third kappa shape index (κ3) is 3.85. The molecular weight excluding hydrogens is 340 g/mol. The smallest absolute Gasteiger partial charge is 0.223 e. The average molecular weight is 371 g/mol. The van der Waals surface area contributed by atoms with Crippen molar-refractivity contribution in [2.24, 2.45) is 0 Å². The Balaban J connectivity index is 1.54. The Morgan fingerprint density at radius 1 is 1.07 bits per heavy atom. The fourth-order valence-corrected chi connectivity index (χ4v) is 4.14. The van der Waals surface area contributed by atoms with Gasteiger partial charge in [0, 0.05) is 70.2 Å². The second-order valence-corrected chi connectivity index (χ2v) is 7.59. The lowest BCUT2D eigenvalue weighted by Crippen LogP contribution is -2.45. The molecule has 0 aromatic carbocycles. The zero-order chi connectivity index (χ0) is 18.8. The summed E-state index contributed by atoms with van der Waals surface area (Å²) < 4.78 is 2.25. The Hall–Kier alpha value is -2.35. The number of nitrogens with two attached hydrogens (primary N) is 1. The summed E-state index contributed by atoms with van der Waals surface area (Å²) in [4.78, 5) is 20.7. The topological polar surface area (TPSA) is 79.3 Å². The van der Waals surface area contributed by atoms with E-state index in [1.165, 1.54) is 12.2 Å². The van der Waals surface area contributed by atoms with Crippen LogP contribution in [0.25, 0.3) is 0 Å². The van der Waals surface area contributed by atoms with Crippen LogP contribution in [-0.4, -0.2) is 70.7 Å². The van der Waals surface area contributed by atoms with Crippen LogP contribution < -0.4 is 15.5 Å². The van der Waals surface area contributed by atoms with Crippen molar-refractivity contribution in [1.82, 2.24) is 24.4 Å². The van der Waals surface area contributed by atoms with Crippen molar-refractivity contribution in [2.45, 2.75) is 32.2 Å². The van der Waals surface area contributed by atoms with Gasteiger partial charge in [0.05, 0.1) is 0 Å². The Morgan fingerprint density at radius 2 is 1.81 bits per heavy atom. The van der Waals surface area contributed by atoms with E-state index in [-0.39, 0.29) is 0 Å². The molecule has 0 aliphatic carbocycles. The van der Waals surface area contributed by atoms with E-state index in [2.05, 4.69) is 60.5 Å². The van der Waals surface area contributed by atoms with Crippen molar-refractivity contribution in [3.8, 4) is 0 Å². The summed E-state index contributed by atoms with van der Waals surface area (Å²) in [5.74, 6) is 3.86. The Morgan fingerprint density at radius 3 is 2.56 bits per heavy atom. The highest BCUT2D eigenvalue weighted by molar-refractivity contribution is 5.54. The van der Waals surface area contributed by atoms with E-state index in [9.17, 15) is 0 Å². The Labute approximate surface area is 161 Å². The van der Waals surface area contributed by atoms with Crippen LogP contribution in [0.2, 0.25) is 0 Å². The zero-order valence-corrected chi connectivity index (χ0v) is 16.4. The van der Waals surface area contributed by atoms with Gasteiger partial charge in [-0.2, -0.15) is 9.97 Å². The molecule has 4 rings (SSSR count). The summed E-state index contributed by atoms with van der Waals surface area (Å²) in [7, 11) is 2.16. The number of hydrogen-bond donors (Lipinski definition) is 1. The van der Waals surface area contributed by atoms with Crippen LogP contribution in [0.3, 0.4) is 0 Å². The molecule has 2 fully saturated rings. The van der Waals surface area contributed by atoms with Crippen LogP contribution in [0.1, 0.15) is 31.5 Å². The molecule has 146 valence electrons. The predicted octanol–water partition coefficient (Wildman–Crippen LogP) is 1.41. The second-order valence-electron chi connectivity index (χ2n) is 7.59. The number of aryl methyl sites for hydroxylation is 1. The monoisotopic (exact) mass is 370 g/mol. The number of piperidine rings is 1. The molecule has 8 nitrogen and oxygen atoms in total. The standard InChI is InChI=1S/C19H30N8/c1-3-25-8-6-21-18(25)15-5-4-7-27(14-15)17-13-16(22-19(20)23-17)26-11-9-24(2)10-12-26/h6,8,13,15H,3-5,7,9-12,14H2,1-2H3,(H2,20,22,23)/t15-/m1/s1. The highest BCUT2D eigenvalue weighted by Crippen LogP contribution is 2.30. The first-order valence-corrected chi connectivity index (χ1v) is 9.98. The average Bonchev–Trinajstić information content (AvgIpc) is 3.17. The lowest BCUT2D eigenvalue weighted by Gasteiger charge is -2.35. The maximum absolute atomic E-state index is 6.07. The van der Waals surface area contributed by atoms with Gasteiger partial charge in [-0.05, 0) is 26.8 Å². The Kier molecular flexibility index (Phi) is 5.15. The van der Waals surface area contributed by atoms with E-state index in [0.717, 1.165) is 63.9 Å². The van der Waals surface area contributed by atoms with Crippen LogP contribution in [0.5, 0.6) is 0 Å². The second kappa shape index (κ2) is 7.72. The summed E-state index contributed by atoms with van der Waals surface area (Å²) in [5.41, 5.74) is 6.07. The molecule has 0 spiro atoms. The van der Waals surface area contributed by atoms with Crippen LogP contribution in [0, 0.1) is 0 Å². The number of hydrogen-bond acceptors (Lipinski definition) is 7. The molecule has 1 atom stereocenters. The number of imidazole rings is 1. The lowest BCUT2D eigenvalue weighted by atomic mass is 9.97. The van der Waals surface area contributed by atoms with E-state index in [1.807, 2.05) is 6.20 Å². The number of rotatable bonds is 4. The summed E-state index contributed by atoms with van der Waals surface area (Å²) in [6, 6.07) is 2.11. The van der Waals surface area contributed by atoms with Gasteiger partial charge in [-0.3, -0.25) is 0 Å². The van der Waals surface area contributed by atoms with Crippen molar-refractivity contribution in [2.75, 3.05) is 61.8 Å². The first-order valence-electron chi connectivity index (χ1n) is 9.98. The number of nitrogens with zero attached hydrogens (tertiary/aromatic N) is 7. The van der Waals surface area contributed by atoms with Gasteiger partial charge in [-0.15, -0.1) is 0 Å². The molecule has 2 aliphatic rings. The number of aromatic nitrogens is 4. The van der Waals surface area contributed by atoms with Crippen LogP contribution in [0.4, 0.5) is 17.6 Å². The fourth-order valence-electron chi connectivity index (χ4n) is 4.14. The minimum atomic E-state index is 0.360. The summed E-state index contributed by atoms with van der Waals surface area (Å²) in [5, 5.41) is 0. The molecule has 0 radical (unpaired) electrons. The quantitative estimate of drug-likeness (QED) is 0.872. The third-order valence-corrected chi connectivity index (χ3v) is 5.74. The van der Waals surface area contributed by atoms with Crippen LogP contribution in [-0.2, 0) is 6.54 Å². The molecule has 27 heavy (non-hydrogen) atoms. The van der Waals surface area contributed by atoms with Crippen molar-refractivity contribution in [1.29, 1.82) is 0 Å². The van der Waals surface area contributed by atoms with Gasteiger partial charge in [0.25, 0.3) is 0 Å². The predicted molar refractivity (Wildman–Crippen MR) is 108 cm³/mol. The lowest BCUT2D eigenvalue weighted by molar-refractivity contribution is 0.312. The van der Waals surface area contributed by atoms with E-state index in [1.54, 1.807) is 0 Å². The first kappa shape index (κ1) is 18.0. The highest BCUT2D eigenvalue weighted by Gasteiger charge is 2.26. The molecule has 2 saturated heterocycles. The van der Waals surface area contributed by atoms with E-state index in [4.69, 9.17) is 5.73 Å². The van der Waals surface area contributed by atoms with Gasteiger partial charge in [-0.1, -0.05) is 0 Å². The van der Waals surface area contributed by atoms with E-state index >= 15 is 0 Å². The normalized spacial score (nSPS) is 21.6. The summed E-state index contributed by atoms with van der Waals surface area (Å²) in [6.45, 7) is 9.10. The van der Waals surface area contributed by atoms with Gasteiger partial charge in [0.1, 0.15) is 17.5 Å². The molecule has 2 aromatic rings. The Bertz CT molecular complexity index is 765. The molecule has 0 bridgehead atoms. The summed E-state index contributed by atoms with van der Waals surface area (Å²) >= 11 is 0. The van der Waals surface area contributed by atoms with E-state index in [0.29, 0.717) is 11.9 Å². The molecule has 0 saturated carbocycles. The molecule has 0 amide bonds. The molecule has 4 heterocycles. The first-order chi connectivity index (χ1) is 13.1.